The van der Waals surface area contributed by atoms with Crippen molar-refractivity contribution in [1.82, 2.24) is 80.6 Å². The van der Waals surface area contributed by atoms with Gasteiger partial charge >= 0.3 is 0 Å². The monoisotopic (exact) mass is 1060 g/mol. The zero-order valence-electron chi connectivity index (χ0n) is 44.8. The van der Waals surface area contributed by atoms with E-state index in [9.17, 15) is 0 Å². The molecule has 0 N–H and O–H groups in total. The van der Waals surface area contributed by atoms with Gasteiger partial charge in [0.25, 0.3) is 0 Å². The molecule has 9 heterocycles. The van der Waals surface area contributed by atoms with E-state index in [1.807, 2.05) is 65.3 Å². The Hall–Kier alpha value is -6.14. The van der Waals surface area contributed by atoms with Gasteiger partial charge in [0.05, 0.1) is 34.1 Å². The van der Waals surface area contributed by atoms with Gasteiger partial charge in [0, 0.05) is 67.9 Å². The van der Waals surface area contributed by atoms with Gasteiger partial charge in [-0.1, -0.05) is 45.7 Å². The lowest BCUT2D eigenvalue weighted by molar-refractivity contribution is 0.389. The predicted molar refractivity (Wildman–Crippen MR) is 291 cm³/mol. The van der Waals surface area contributed by atoms with Crippen LogP contribution in [0, 0.1) is 125 Å². The van der Waals surface area contributed by atoms with E-state index in [0.717, 1.165) is 31.4 Å². The van der Waals surface area contributed by atoms with E-state index in [2.05, 4.69) is 169 Å². The fourth-order valence-corrected chi connectivity index (χ4v) is 7.95. The molecule has 9 aromatic heterocycles. The average Bonchev–Trinajstić information content (AvgIpc) is 4.19. The topological polar surface area (TPSA) is 217 Å². The van der Waals surface area contributed by atoms with Crippen LogP contribution >= 0.6 is 56.7 Å². The average molecular weight is 1060 g/mol. The minimum absolute atomic E-state index is 0.623. The standard InChI is InChI=1S/C8H10.C6H8S.4C5H7NS.2C4H6N2O.2C3H6N4/c1-7-3-5-8(2)6-4-7;1-5-3-4-6(2)7-5;2*1-4-3-7-5(2)6-4;2*1-4-3-6-5(2)7-4;2*1-3-5-4(2)7-6-3;2*1-3-4-6-7(2)5-3/h3-6H,1-2H3;3-4H,1-2H3;4*3H,1-2H3;4*1-2H3. The van der Waals surface area contributed by atoms with E-state index in [1.165, 1.54) is 40.2 Å². The van der Waals surface area contributed by atoms with Crippen molar-refractivity contribution >= 4 is 56.7 Å². The number of thiophene rings is 1. The molecule has 71 heavy (non-hydrogen) atoms. The molecule has 0 spiro atoms. The first-order valence-corrected chi connectivity index (χ1v) is 26.2. The summed E-state index contributed by atoms with van der Waals surface area (Å²) in [5.41, 5.74) is 4.91. The molecular formula is C48H70N16O2S5. The number of hydrogen-bond acceptors (Lipinski definition) is 21. The third-order valence-electron chi connectivity index (χ3n) is 7.51. The molecule has 0 saturated heterocycles. The van der Waals surface area contributed by atoms with Gasteiger partial charge in [0.2, 0.25) is 11.8 Å². The third kappa shape index (κ3) is 33.9. The molecule has 384 valence electrons. The Kier molecular flexibility index (Phi) is 31.0. The minimum atomic E-state index is 0.623. The molecule has 0 aliphatic carbocycles. The summed E-state index contributed by atoms with van der Waals surface area (Å²) >= 11 is 8.69. The molecule has 0 aliphatic heterocycles. The summed E-state index contributed by atoms with van der Waals surface area (Å²) in [7, 11) is 3.47. The lowest BCUT2D eigenvalue weighted by Gasteiger charge is -1.90. The van der Waals surface area contributed by atoms with E-state index >= 15 is 0 Å². The summed E-state index contributed by atoms with van der Waals surface area (Å²) in [6.07, 6.45) is 3.78. The van der Waals surface area contributed by atoms with Crippen LogP contribution < -0.4 is 0 Å². The lowest BCUT2D eigenvalue weighted by atomic mass is 10.2. The van der Waals surface area contributed by atoms with Crippen molar-refractivity contribution in [3.05, 3.63) is 157 Å². The second-order valence-corrected chi connectivity index (χ2v) is 21.7. The Balaban J connectivity index is 0.000000395. The summed E-state index contributed by atoms with van der Waals surface area (Å²) in [6.45, 7) is 35.3. The van der Waals surface area contributed by atoms with E-state index in [1.54, 1.807) is 101 Å². The van der Waals surface area contributed by atoms with Crippen molar-refractivity contribution in [1.29, 1.82) is 0 Å². The van der Waals surface area contributed by atoms with E-state index in [4.69, 9.17) is 0 Å². The van der Waals surface area contributed by atoms with E-state index in [0.29, 0.717) is 35.1 Å². The first kappa shape index (κ1) is 62.9. The van der Waals surface area contributed by atoms with Crippen LogP contribution in [0.15, 0.2) is 68.6 Å². The molecule has 0 bridgehead atoms. The van der Waals surface area contributed by atoms with Gasteiger partial charge in [-0.25, -0.2) is 19.9 Å². The molecule has 10 aromatic rings. The molecule has 10 rings (SSSR count). The van der Waals surface area contributed by atoms with Crippen molar-refractivity contribution in [2.24, 2.45) is 14.1 Å². The molecule has 0 aliphatic rings. The fourth-order valence-electron chi connectivity index (χ4n) is 4.63. The van der Waals surface area contributed by atoms with Crippen LogP contribution in [0.1, 0.15) is 97.1 Å². The number of benzene rings is 1. The maximum Gasteiger partial charge on any atom is 0.223 e. The zero-order valence-corrected chi connectivity index (χ0v) is 48.9. The van der Waals surface area contributed by atoms with Crippen LogP contribution in [-0.4, -0.2) is 80.6 Å². The van der Waals surface area contributed by atoms with Crippen molar-refractivity contribution in [3.8, 4) is 0 Å². The highest BCUT2D eigenvalue weighted by Crippen LogP contribution is 2.12. The number of thiazole rings is 4. The molecule has 0 fully saturated rings. The molecular weight excluding hydrogens is 993 g/mol. The molecule has 23 heteroatoms. The predicted octanol–water partition coefficient (Wildman–Crippen LogP) is 12.1. The van der Waals surface area contributed by atoms with Crippen molar-refractivity contribution in [3.63, 3.8) is 0 Å². The molecule has 18 nitrogen and oxygen atoms in total. The second-order valence-electron chi connectivity index (χ2n) is 15.2. The maximum absolute atomic E-state index is 4.60. The van der Waals surface area contributed by atoms with Gasteiger partial charge < -0.3 is 9.05 Å². The summed E-state index contributed by atoms with van der Waals surface area (Å²) in [6, 6.07) is 12.8. The first-order valence-electron chi connectivity index (χ1n) is 22.0. The van der Waals surface area contributed by atoms with Crippen LogP contribution in [0.2, 0.25) is 0 Å². The third-order valence-corrected chi connectivity index (χ3v) is 11.9. The molecule has 0 atom stereocenters. The van der Waals surface area contributed by atoms with Crippen molar-refractivity contribution < 1.29 is 9.05 Å². The Morgan fingerprint density at radius 2 is 0.746 bits per heavy atom. The number of nitrogens with zero attached hydrogens (tertiary/aromatic N) is 16. The van der Waals surface area contributed by atoms with Gasteiger partial charge in [-0.15, -0.1) is 77.1 Å². The van der Waals surface area contributed by atoms with Crippen LogP contribution in [-0.2, 0) is 14.1 Å². The van der Waals surface area contributed by atoms with Gasteiger partial charge in [0.15, 0.2) is 23.3 Å². The van der Waals surface area contributed by atoms with Gasteiger partial charge in [-0.05, 0) is 133 Å². The SMILES string of the molecule is Cc1ccc(C)cc1.Cc1ccc(C)s1.Cc1cnc(C)s1.Cc1cnc(C)s1.Cc1csc(C)n1.Cc1csc(C)n1.Cc1nnn(C)n1.Cc1nnn(C)n1.Cc1noc(C)n1.Cc1noc(C)n1. The largest absolute Gasteiger partial charge is 0.340 e. The molecule has 0 saturated carbocycles. The van der Waals surface area contributed by atoms with Gasteiger partial charge in [-0.3, -0.25) is 0 Å². The molecule has 0 amide bonds. The Morgan fingerprint density at radius 1 is 0.394 bits per heavy atom. The Bertz CT molecular complexity index is 2160. The fraction of sp³-hybridized carbons (Fsp3) is 0.417. The number of aryl methyl sites for hydroxylation is 20. The minimum Gasteiger partial charge on any atom is -0.340 e. The zero-order chi connectivity index (χ0) is 53.5. The maximum atomic E-state index is 4.60. The highest BCUT2D eigenvalue weighted by molar-refractivity contribution is 7.12. The van der Waals surface area contributed by atoms with Crippen LogP contribution in [0.3, 0.4) is 0 Å². The quantitative estimate of drug-likeness (QED) is 0.138. The van der Waals surface area contributed by atoms with Gasteiger partial charge in [0.1, 0.15) is 0 Å². The van der Waals surface area contributed by atoms with Gasteiger partial charge in [-0.2, -0.15) is 19.6 Å². The number of aromatic nitrogens is 16. The van der Waals surface area contributed by atoms with Crippen molar-refractivity contribution in [2.75, 3.05) is 0 Å². The number of tetrazole rings is 2. The van der Waals surface area contributed by atoms with Crippen LogP contribution in [0.25, 0.3) is 0 Å². The van der Waals surface area contributed by atoms with Crippen molar-refractivity contribution in [2.45, 2.75) is 125 Å². The molecule has 1 aromatic carbocycles. The summed E-state index contributed by atoms with van der Waals surface area (Å²) in [5.74, 6) is 4.05. The second kappa shape index (κ2) is 35.0. The summed E-state index contributed by atoms with van der Waals surface area (Å²) < 4.78 is 9.21. The normalized spacial score (nSPS) is 9.41. The summed E-state index contributed by atoms with van der Waals surface area (Å²) in [4.78, 5) is 32.2. The van der Waals surface area contributed by atoms with Crippen LogP contribution in [0.4, 0.5) is 0 Å². The van der Waals surface area contributed by atoms with E-state index < -0.39 is 0 Å². The molecule has 0 unspecified atom stereocenters. The highest BCUT2D eigenvalue weighted by atomic mass is 32.1. The highest BCUT2D eigenvalue weighted by Gasteiger charge is 1.92. The van der Waals surface area contributed by atoms with Crippen LogP contribution in [0.5, 0.6) is 0 Å². The lowest BCUT2D eigenvalue weighted by Crippen LogP contribution is -1.91. The Labute approximate surface area is 439 Å². The smallest absolute Gasteiger partial charge is 0.223 e. The Morgan fingerprint density at radius 3 is 0.845 bits per heavy atom. The molecule has 0 radical (unpaired) electrons. The first-order chi connectivity index (χ1) is 33.4. The summed E-state index contributed by atoms with van der Waals surface area (Å²) in [5, 5.41) is 37.8. The number of hydrogen-bond donors (Lipinski definition) is 0. The number of rotatable bonds is 0. The van der Waals surface area contributed by atoms with E-state index in [-0.39, 0.29) is 0 Å².